The molecule has 0 saturated heterocycles. The van der Waals surface area contributed by atoms with Gasteiger partial charge in [0.05, 0.1) is 29.8 Å². The third kappa shape index (κ3) is 2.46. The Balaban J connectivity index is 2.38. The van der Waals surface area contributed by atoms with Crippen molar-refractivity contribution in [3.8, 4) is 11.5 Å². The monoisotopic (exact) mass is 251 g/mol. The van der Waals surface area contributed by atoms with Crippen LogP contribution in [0.2, 0.25) is 0 Å². The zero-order valence-electron chi connectivity index (χ0n) is 11.0. The second-order valence-corrected chi connectivity index (χ2v) is 5.65. The molecule has 3 nitrogen and oxygen atoms in total. The van der Waals surface area contributed by atoms with Gasteiger partial charge in [0, 0.05) is 11.8 Å². The van der Waals surface area contributed by atoms with E-state index in [9.17, 15) is 0 Å². The van der Waals surface area contributed by atoms with Crippen molar-refractivity contribution >= 4 is 15.6 Å². The Kier molecular flexibility index (Phi) is 4.05. The molecule has 1 fully saturated rings. The Hall–Kier alpha value is -1.03. The summed E-state index contributed by atoms with van der Waals surface area (Å²) in [5, 5.41) is 1.03. The minimum absolute atomic E-state index is 0.599. The van der Waals surface area contributed by atoms with Gasteiger partial charge in [0.1, 0.15) is 0 Å². The van der Waals surface area contributed by atoms with Crippen molar-refractivity contribution in [1.29, 1.82) is 0 Å². The summed E-state index contributed by atoms with van der Waals surface area (Å²) in [7, 11) is 4.31. The van der Waals surface area contributed by atoms with E-state index in [0.717, 1.165) is 27.1 Å². The second kappa shape index (κ2) is 5.54. The highest BCUT2D eigenvalue weighted by atomic mass is 28.1. The molecule has 0 aliphatic heterocycles. The lowest BCUT2D eigenvalue weighted by Crippen LogP contribution is -2.16. The van der Waals surface area contributed by atoms with E-state index in [4.69, 9.17) is 9.47 Å². The molecule has 1 aliphatic carbocycles. The van der Waals surface area contributed by atoms with E-state index in [-0.39, 0.29) is 0 Å². The van der Waals surface area contributed by atoms with Gasteiger partial charge in [-0.2, -0.15) is 0 Å². The lowest BCUT2D eigenvalue weighted by atomic mass is 9.84. The molecule has 94 valence electrons. The van der Waals surface area contributed by atoms with Crippen LogP contribution in [0.4, 0.5) is 0 Å². The van der Waals surface area contributed by atoms with Gasteiger partial charge in [-0.05, 0) is 18.8 Å². The topological polar surface area (TPSA) is 31.4 Å². The Bertz CT molecular complexity index is 389. The molecule has 0 atom stereocenters. The van der Waals surface area contributed by atoms with Crippen LogP contribution in [0.5, 0.6) is 11.5 Å². The first-order valence-corrected chi connectivity index (χ1v) is 7.35. The number of ether oxygens (including phenoxy) is 2. The van der Waals surface area contributed by atoms with Crippen LogP contribution in [-0.2, 0) is 0 Å². The highest BCUT2D eigenvalue weighted by Gasteiger charge is 2.22. The number of methoxy groups -OCH3 is 2. The quantitative estimate of drug-likeness (QED) is 0.755. The molecule has 0 bridgehead atoms. The van der Waals surface area contributed by atoms with Crippen molar-refractivity contribution in [3.05, 3.63) is 11.8 Å². The summed E-state index contributed by atoms with van der Waals surface area (Å²) in [6, 6.07) is 0. The Morgan fingerprint density at radius 3 is 2.35 bits per heavy atom. The summed E-state index contributed by atoms with van der Waals surface area (Å²) in [5.41, 5.74) is 1.24. The second-order valence-electron chi connectivity index (χ2n) is 4.70. The van der Waals surface area contributed by atoms with Gasteiger partial charge in [0.15, 0.2) is 11.5 Å². The van der Waals surface area contributed by atoms with Crippen LogP contribution in [0, 0.1) is 0 Å². The highest BCUT2D eigenvalue weighted by molar-refractivity contribution is 6.32. The van der Waals surface area contributed by atoms with E-state index in [2.05, 4.69) is 4.98 Å². The van der Waals surface area contributed by atoms with E-state index >= 15 is 0 Å². The molecule has 2 rings (SSSR count). The standard InChI is InChI=1S/C13H21NO2Si/c1-15-11-10(9-6-4-3-5-7-9)8-14-13(17)12(11)16-2/h8-9H,3-7H2,1-2,17H3. The van der Waals surface area contributed by atoms with Crippen molar-refractivity contribution in [2.24, 2.45) is 0 Å². The Morgan fingerprint density at radius 2 is 1.76 bits per heavy atom. The van der Waals surface area contributed by atoms with E-state index in [1.807, 2.05) is 6.20 Å². The predicted molar refractivity (Wildman–Crippen MR) is 72.7 cm³/mol. The average Bonchev–Trinajstić information content (AvgIpc) is 2.39. The van der Waals surface area contributed by atoms with Crippen LogP contribution in [-0.4, -0.2) is 29.4 Å². The van der Waals surface area contributed by atoms with E-state index < -0.39 is 0 Å². The van der Waals surface area contributed by atoms with Gasteiger partial charge in [0.2, 0.25) is 0 Å². The molecule has 0 aromatic carbocycles. The number of hydrogen-bond donors (Lipinski definition) is 0. The minimum atomic E-state index is 0.599. The zero-order valence-corrected chi connectivity index (χ0v) is 13.0. The number of aromatic nitrogens is 1. The number of hydrogen-bond acceptors (Lipinski definition) is 3. The van der Waals surface area contributed by atoms with Gasteiger partial charge < -0.3 is 9.47 Å². The Labute approximate surface area is 106 Å². The van der Waals surface area contributed by atoms with Crippen LogP contribution in [0.1, 0.15) is 43.6 Å². The third-order valence-corrected chi connectivity index (χ3v) is 4.36. The summed E-state index contributed by atoms with van der Waals surface area (Å²) in [6.45, 7) is 0. The van der Waals surface area contributed by atoms with Crippen molar-refractivity contribution in [1.82, 2.24) is 4.98 Å². The molecule has 1 heterocycles. The van der Waals surface area contributed by atoms with Crippen molar-refractivity contribution < 1.29 is 9.47 Å². The molecule has 0 amide bonds. The van der Waals surface area contributed by atoms with Crippen molar-refractivity contribution in [3.63, 3.8) is 0 Å². The number of nitrogens with zero attached hydrogens (tertiary/aromatic N) is 1. The SMILES string of the molecule is COc1c(C2CCCCC2)cnc([SiH3])c1OC. The molecule has 1 aliphatic rings. The van der Waals surface area contributed by atoms with Gasteiger partial charge >= 0.3 is 0 Å². The van der Waals surface area contributed by atoms with Gasteiger partial charge in [0.25, 0.3) is 0 Å². The van der Waals surface area contributed by atoms with E-state index in [1.54, 1.807) is 14.2 Å². The summed E-state index contributed by atoms with van der Waals surface area (Å²) in [5.74, 6) is 2.36. The fraction of sp³-hybridized carbons (Fsp3) is 0.615. The van der Waals surface area contributed by atoms with Crippen LogP contribution in [0.25, 0.3) is 0 Å². The molecule has 0 radical (unpaired) electrons. The van der Waals surface area contributed by atoms with Gasteiger partial charge in [-0.1, -0.05) is 19.3 Å². The first-order chi connectivity index (χ1) is 8.27. The van der Waals surface area contributed by atoms with Gasteiger partial charge in [-0.15, -0.1) is 0 Å². The van der Waals surface area contributed by atoms with E-state index in [0.29, 0.717) is 5.92 Å². The van der Waals surface area contributed by atoms with Crippen LogP contribution >= 0.6 is 0 Å². The van der Waals surface area contributed by atoms with Crippen LogP contribution < -0.4 is 14.8 Å². The molecule has 0 unspecified atom stereocenters. The summed E-state index contributed by atoms with van der Waals surface area (Å²) in [6.07, 6.45) is 8.50. The normalized spacial score (nSPS) is 17.1. The maximum absolute atomic E-state index is 5.56. The molecular formula is C13H21NO2Si. The first kappa shape index (κ1) is 12.4. The van der Waals surface area contributed by atoms with Crippen molar-refractivity contribution in [2.75, 3.05) is 14.2 Å². The maximum Gasteiger partial charge on any atom is 0.176 e. The molecule has 1 aromatic heterocycles. The van der Waals surface area contributed by atoms with Crippen molar-refractivity contribution in [2.45, 2.75) is 38.0 Å². The summed E-state index contributed by atoms with van der Waals surface area (Å²) in [4.78, 5) is 4.49. The maximum atomic E-state index is 5.56. The molecule has 0 spiro atoms. The fourth-order valence-electron chi connectivity index (χ4n) is 2.73. The van der Waals surface area contributed by atoms with Gasteiger partial charge in [-0.3, -0.25) is 4.98 Å². The molecule has 1 aromatic rings. The average molecular weight is 251 g/mol. The summed E-state index contributed by atoms with van der Waals surface area (Å²) >= 11 is 0. The summed E-state index contributed by atoms with van der Waals surface area (Å²) < 4.78 is 11.0. The Morgan fingerprint density at radius 1 is 1.12 bits per heavy atom. The molecule has 0 N–H and O–H groups in total. The lowest BCUT2D eigenvalue weighted by molar-refractivity contribution is 0.343. The number of rotatable bonds is 3. The third-order valence-electron chi connectivity index (χ3n) is 3.65. The van der Waals surface area contributed by atoms with E-state index in [1.165, 1.54) is 37.7 Å². The molecular weight excluding hydrogens is 230 g/mol. The van der Waals surface area contributed by atoms with Gasteiger partial charge in [-0.25, -0.2) is 0 Å². The van der Waals surface area contributed by atoms with Crippen LogP contribution in [0.3, 0.4) is 0 Å². The lowest BCUT2D eigenvalue weighted by Gasteiger charge is -2.24. The zero-order chi connectivity index (χ0) is 12.3. The largest absolute Gasteiger partial charge is 0.492 e. The highest BCUT2D eigenvalue weighted by Crippen LogP contribution is 2.40. The molecule has 4 heteroatoms. The minimum Gasteiger partial charge on any atom is -0.492 e. The predicted octanol–water partition coefficient (Wildman–Crippen LogP) is 1.14. The fourth-order valence-corrected chi connectivity index (χ4v) is 3.29. The first-order valence-electron chi connectivity index (χ1n) is 6.35. The molecule has 1 saturated carbocycles. The molecule has 17 heavy (non-hydrogen) atoms. The van der Waals surface area contributed by atoms with Crippen LogP contribution in [0.15, 0.2) is 6.20 Å². The smallest absolute Gasteiger partial charge is 0.176 e. The number of pyridine rings is 1.